The highest BCUT2D eigenvalue weighted by atomic mass is 32.1. The lowest BCUT2D eigenvalue weighted by Crippen LogP contribution is -2.50. The van der Waals surface area contributed by atoms with Gasteiger partial charge in [-0.2, -0.15) is 0 Å². The number of ether oxygens (including phenoxy) is 2. The van der Waals surface area contributed by atoms with Crippen LogP contribution in [0, 0.1) is 0 Å². The van der Waals surface area contributed by atoms with Gasteiger partial charge in [-0.1, -0.05) is 19.3 Å². The molecule has 0 radical (unpaired) electrons. The predicted molar refractivity (Wildman–Crippen MR) is 75.8 cm³/mol. The van der Waals surface area contributed by atoms with Gasteiger partial charge in [-0.15, -0.1) is 0 Å². The monoisotopic (exact) mass is 272 g/mol. The van der Waals surface area contributed by atoms with E-state index in [1.165, 1.54) is 32.1 Å². The molecule has 0 amide bonds. The quantitative estimate of drug-likeness (QED) is 0.761. The Balaban J connectivity index is 1.70. The van der Waals surface area contributed by atoms with Crippen molar-refractivity contribution in [3.63, 3.8) is 0 Å². The van der Waals surface area contributed by atoms with Crippen LogP contribution in [0.1, 0.15) is 38.5 Å². The molecule has 2 aliphatic rings. The first-order valence-corrected chi connectivity index (χ1v) is 7.32. The average Bonchev–Trinajstić information content (AvgIpc) is 2.87. The van der Waals surface area contributed by atoms with E-state index in [0.29, 0.717) is 12.6 Å². The number of hydrogen-bond donors (Lipinski definition) is 2. The molecule has 1 aliphatic carbocycles. The lowest BCUT2D eigenvalue weighted by atomic mass is 9.96. The second-order valence-corrected chi connectivity index (χ2v) is 5.76. The van der Waals surface area contributed by atoms with E-state index >= 15 is 0 Å². The zero-order valence-corrected chi connectivity index (χ0v) is 12.0. The second-order valence-electron chi connectivity index (χ2n) is 5.35. The van der Waals surface area contributed by atoms with Crippen molar-refractivity contribution < 1.29 is 9.47 Å². The van der Waals surface area contributed by atoms with E-state index in [1.54, 1.807) is 7.11 Å². The van der Waals surface area contributed by atoms with Crippen LogP contribution < -0.4 is 10.6 Å². The molecule has 2 N–H and O–H groups in total. The number of hydrogen-bond acceptors (Lipinski definition) is 3. The number of rotatable bonds is 4. The van der Waals surface area contributed by atoms with Gasteiger partial charge in [0, 0.05) is 32.7 Å². The minimum atomic E-state index is -0.196. The predicted octanol–water partition coefficient (Wildman–Crippen LogP) is 1.59. The smallest absolute Gasteiger partial charge is 0.166 e. The fourth-order valence-corrected chi connectivity index (χ4v) is 2.92. The molecule has 0 spiro atoms. The van der Waals surface area contributed by atoms with Crippen LogP contribution >= 0.6 is 12.2 Å². The van der Waals surface area contributed by atoms with Crippen molar-refractivity contribution in [2.24, 2.45) is 0 Å². The van der Waals surface area contributed by atoms with Crippen LogP contribution in [-0.2, 0) is 9.47 Å². The molecule has 104 valence electrons. The Morgan fingerprint density at radius 1 is 1.39 bits per heavy atom. The molecule has 2 fully saturated rings. The summed E-state index contributed by atoms with van der Waals surface area (Å²) in [5.74, 6) is 0. The van der Waals surface area contributed by atoms with Crippen molar-refractivity contribution in [2.45, 2.75) is 50.2 Å². The summed E-state index contributed by atoms with van der Waals surface area (Å²) < 4.78 is 11.0. The molecule has 1 heterocycles. The van der Waals surface area contributed by atoms with Crippen LogP contribution in [-0.4, -0.2) is 43.6 Å². The molecule has 4 nitrogen and oxygen atoms in total. The standard InChI is InChI=1S/C13H24N2O2S/c1-16-13(7-8-17-10-13)9-14-12(18)15-11-5-3-2-4-6-11/h11H,2-10H2,1H3,(H2,14,15,18). The molecule has 2 rings (SSSR count). The van der Waals surface area contributed by atoms with E-state index in [9.17, 15) is 0 Å². The molecular formula is C13H24N2O2S. The van der Waals surface area contributed by atoms with E-state index in [1.807, 2.05) is 0 Å². The van der Waals surface area contributed by atoms with Crippen molar-refractivity contribution in [3.05, 3.63) is 0 Å². The molecule has 1 aliphatic heterocycles. The molecule has 0 aromatic carbocycles. The molecule has 0 aromatic rings. The van der Waals surface area contributed by atoms with Crippen molar-refractivity contribution in [1.82, 2.24) is 10.6 Å². The minimum Gasteiger partial charge on any atom is -0.378 e. The third kappa shape index (κ3) is 3.80. The van der Waals surface area contributed by atoms with Crippen molar-refractivity contribution in [2.75, 3.05) is 26.9 Å². The largest absolute Gasteiger partial charge is 0.378 e. The maximum Gasteiger partial charge on any atom is 0.166 e. The van der Waals surface area contributed by atoms with Crippen LogP contribution in [0.3, 0.4) is 0 Å². The van der Waals surface area contributed by atoms with E-state index in [2.05, 4.69) is 10.6 Å². The Kier molecular flexibility index (Phi) is 5.21. The topological polar surface area (TPSA) is 42.5 Å². The summed E-state index contributed by atoms with van der Waals surface area (Å²) in [5.41, 5.74) is -0.196. The van der Waals surface area contributed by atoms with Gasteiger partial charge < -0.3 is 20.1 Å². The molecule has 1 atom stereocenters. The van der Waals surface area contributed by atoms with Crippen molar-refractivity contribution in [1.29, 1.82) is 0 Å². The first kappa shape index (κ1) is 14.0. The SMILES string of the molecule is COC1(CNC(=S)NC2CCCCC2)CCOC1. The van der Waals surface area contributed by atoms with Gasteiger partial charge in [-0.25, -0.2) is 0 Å². The Hall–Kier alpha value is -0.390. The fourth-order valence-electron chi connectivity index (χ4n) is 2.69. The lowest BCUT2D eigenvalue weighted by molar-refractivity contribution is -0.0127. The summed E-state index contributed by atoms with van der Waals surface area (Å²) in [6.07, 6.45) is 7.40. The van der Waals surface area contributed by atoms with Gasteiger partial charge in [-0.05, 0) is 25.1 Å². The first-order chi connectivity index (χ1) is 8.74. The summed E-state index contributed by atoms with van der Waals surface area (Å²) in [7, 11) is 1.74. The van der Waals surface area contributed by atoms with Crippen LogP contribution in [0.4, 0.5) is 0 Å². The molecule has 1 saturated heterocycles. The van der Waals surface area contributed by atoms with Crippen molar-refractivity contribution in [3.8, 4) is 0 Å². The Morgan fingerprint density at radius 3 is 2.78 bits per heavy atom. The summed E-state index contributed by atoms with van der Waals surface area (Å²) in [6.45, 7) is 2.16. The minimum absolute atomic E-state index is 0.196. The summed E-state index contributed by atoms with van der Waals surface area (Å²) >= 11 is 5.35. The molecular weight excluding hydrogens is 248 g/mol. The molecule has 18 heavy (non-hydrogen) atoms. The van der Waals surface area contributed by atoms with Crippen LogP contribution in [0.2, 0.25) is 0 Å². The second kappa shape index (κ2) is 6.68. The zero-order valence-electron chi connectivity index (χ0n) is 11.2. The lowest BCUT2D eigenvalue weighted by Gasteiger charge is -2.29. The number of methoxy groups -OCH3 is 1. The maximum absolute atomic E-state index is 5.56. The highest BCUT2D eigenvalue weighted by molar-refractivity contribution is 7.80. The number of thiocarbonyl (C=S) groups is 1. The van der Waals surface area contributed by atoms with E-state index in [-0.39, 0.29) is 5.60 Å². The van der Waals surface area contributed by atoms with Gasteiger partial charge >= 0.3 is 0 Å². The Labute approximate surface area is 115 Å². The van der Waals surface area contributed by atoms with Crippen LogP contribution in [0.15, 0.2) is 0 Å². The third-order valence-electron chi connectivity index (χ3n) is 4.01. The number of nitrogens with one attached hydrogen (secondary N) is 2. The van der Waals surface area contributed by atoms with Crippen molar-refractivity contribution >= 4 is 17.3 Å². The normalized spacial score (nSPS) is 29.2. The van der Waals surface area contributed by atoms with Gasteiger partial charge in [0.25, 0.3) is 0 Å². The van der Waals surface area contributed by atoms with Gasteiger partial charge in [0.2, 0.25) is 0 Å². The van der Waals surface area contributed by atoms with Gasteiger partial charge in [0.05, 0.1) is 6.61 Å². The van der Waals surface area contributed by atoms with Gasteiger partial charge in [0.15, 0.2) is 5.11 Å². The van der Waals surface area contributed by atoms with E-state index in [0.717, 1.165) is 24.7 Å². The van der Waals surface area contributed by atoms with Crippen LogP contribution in [0.25, 0.3) is 0 Å². The molecule has 1 unspecified atom stereocenters. The highest BCUT2D eigenvalue weighted by Gasteiger charge is 2.34. The summed E-state index contributed by atoms with van der Waals surface area (Å²) in [6, 6.07) is 0.553. The summed E-state index contributed by atoms with van der Waals surface area (Å²) in [4.78, 5) is 0. The average molecular weight is 272 g/mol. The fraction of sp³-hybridized carbons (Fsp3) is 0.923. The molecule has 0 bridgehead atoms. The zero-order chi connectivity index (χ0) is 12.8. The third-order valence-corrected chi connectivity index (χ3v) is 4.27. The molecule has 0 aromatic heterocycles. The van der Waals surface area contributed by atoms with E-state index < -0.39 is 0 Å². The summed E-state index contributed by atoms with van der Waals surface area (Å²) in [5, 5.41) is 7.44. The first-order valence-electron chi connectivity index (χ1n) is 6.91. The molecule has 5 heteroatoms. The Morgan fingerprint density at radius 2 is 2.17 bits per heavy atom. The Bertz CT molecular complexity index is 274. The van der Waals surface area contributed by atoms with Gasteiger partial charge in [0.1, 0.15) is 5.60 Å². The van der Waals surface area contributed by atoms with E-state index in [4.69, 9.17) is 21.7 Å². The van der Waals surface area contributed by atoms with Gasteiger partial charge in [-0.3, -0.25) is 0 Å². The molecule has 1 saturated carbocycles. The highest BCUT2D eigenvalue weighted by Crippen LogP contribution is 2.21. The van der Waals surface area contributed by atoms with Crippen LogP contribution in [0.5, 0.6) is 0 Å². The maximum atomic E-state index is 5.56.